The molecule has 0 bridgehead atoms. The summed E-state index contributed by atoms with van der Waals surface area (Å²) in [5, 5.41) is 18.7. The third kappa shape index (κ3) is 2.56. The third-order valence-corrected chi connectivity index (χ3v) is 4.74. The fourth-order valence-corrected chi connectivity index (χ4v) is 3.54. The van der Waals surface area contributed by atoms with Gasteiger partial charge in [-0.15, -0.1) is 0 Å². The fourth-order valence-electron chi connectivity index (χ4n) is 3.54. The molecule has 1 amide bonds. The molecule has 10 heteroatoms. The van der Waals surface area contributed by atoms with Gasteiger partial charge in [-0.25, -0.2) is 4.68 Å². The van der Waals surface area contributed by atoms with Crippen LogP contribution in [0.1, 0.15) is 36.9 Å². The largest absolute Gasteiger partial charge is 0.493 e. The summed E-state index contributed by atoms with van der Waals surface area (Å²) in [6, 6.07) is 1.78. The van der Waals surface area contributed by atoms with E-state index in [0.29, 0.717) is 34.2 Å². The monoisotopic (exact) mass is 374 g/mol. The van der Waals surface area contributed by atoms with Gasteiger partial charge < -0.3 is 19.5 Å². The summed E-state index contributed by atoms with van der Waals surface area (Å²) >= 11 is 0. The predicted octanol–water partition coefficient (Wildman–Crippen LogP) is 1.93. The van der Waals surface area contributed by atoms with Crippen molar-refractivity contribution >= 4 is 11.7 Å². The molecule has 0 fully saturated rings. The second-order valence-corrected chi connectivity index (χ2v) is 6.64. The van der Waals surface area contributed by atoms with Crippen LogP contribution in [-0.2, 0) is 4.79 Å². The average Bonchev–Trinajstić information content (AvgIpc) is 3.25. The van der Waals surface area contributed by atoms with E-state index in [0.717, 1.165) is 0 Å². The predicted molar refractivity (Wildman–Crippen MR) is 93.0 cm³/mol. The second-order valence-electron chi connectivity index (χ2n) is 6.64. The average molecular weight is 374 g/mol. The number of hydrogen-bond acceptors (Lipinski definition) is 7. The zero-order chi connectivity index (χ0) is 19.3. The molecule has 0 radical (unpaired) electrons. The van der Waals surface area contributed by atoms with E-state index in [-0.39, 0.29) is 12.8 Å². The van der Waals surface area contributed by atoms with Crippen molar-refractivity contribution in [2.24, 2.45) is 0 Å². The Morgan fingerprint density at radius 2 is 2.19 bits per heavy atom. The number of fused-ring (bicyclic) bond motifs is 2. The Balaban J connectivity index is 1.92. The lowest BCUT2D eigenvalue weighted by atomic mass is 9.83. The van der Waals surface area contributed by atoms with Crippen molar-refractivity contribution < 1.29 is 23.9 Å². The van der Waals surface area contributed by atoms with Gasteiger partial charge in [0.05, 0.1) is 19.2 Å². The maximum absolute atomic E-state index is 12.6. The van der Waals surface area contributed by atoms with Crippen LogP contribution in [0.4, 0.5) is 5.82 Å². The van der Waals surface area contributed by atoms with E-state index in [9.17, 15) is 14.9 Å². The third-order valence-electron chi connectivity index (χ3n) is 4.74. The van der Waals surface area contributed by atoms with Crippen LogP contribution in [0.5, 0.6) is 17.2 Å². The number of nitro groups is 1. The molecule has 0 saturated heterocycles. The van der Waals surface area contributed by atoms with Crippen LogP contribution in [0.2, 0.25) is 0 Å². The molecule has 1 aromatic heterocycles. The molecule has 142 valence electrons. The summed E-state index contributed by atoms with van der Waals surface area (Å²) in [4.78, 5) is 23.7. The number of amides is 1. The maximum atomic E-state index is 12.6. The summed E-state index contributed by atoms with van der Waals surface area (Å²) in [7, 11) is 1.47. The van der Waals surface area contributed by atoms with E-state index >= 15 is 0 Å². The smallest absolute Gasteiger partial charge is 0.301 e. The first-order valence-corrected chi connectivity index (χ1v) is 8.41. The van der Waals surface area contributed by atoms with Crippen LogP contribution >= 0.6 is 0 Å². The number of nitrogens with zero attached hydrogens (tertiary/aromatic N) is 3. The SMILES string of the molecule is COc1cc([C@@H]2c3cnn(C(C)C)c3NC(=O)[C@H]2[N+](=O)[O-])cc2c1OCO2. The fraction of sp³-hybridized carbons (Fsp3) is 0.412. The van der Waals surface area contributed by atoms with E-state index in [1.807, 2.05) is 13.8 Å². The lowest BCUT2D eigenvalue weighted by Gasteiger charge is -2.27. The highest BCUT2D eigenvalue weighted by molar-refractivity contribution is 5.98. The molecule has 1 N–H and O–H groups in total. The number of hydrogen-bond donors (Lipinski definition) is 1. The molecule has 2 atom stereocenters. The molecule has 1 aromatic carbocycles. The van der Waals surface area contributed by atoms with Gasteiger partial charge in [-0.05, 0) is 31.5 Å². The Kier molecular flexibility index (Phi) is 3.90. The molecule has 2 aromatic rings. The van der Waals surface area contributed by atoms with Crippen LogP contribution in [0.25, 0.3) is 0 Å². The number of anilines is 1. The molecule has 0 saturated carbocycles. The van der Waals surface area contributed by atoms with Gasteiger partial charge >= 0.3 is 11.9 Å². The van der Waals surface area contributed by atoms with E-state index in [1.165, 1.54) is 7.11 Å². The Morgan fingerprint density at radius 3 is 2.85 bits per heavy atom. The number of ether oxygens (including phenoxy) is 3. The highest BCUT2D eigenvalue weighted by Gasteiger charge is 2.48. The van der Waals surface area contributed by atoms with Crippen molar-refractivity contribution in [3.8, 4) is 17.2 Å². The van der Waals surface area contributed by atoms with Gasteiger partial charge in [0.25, 0.3) is 0 Å². The Labute approximate surface area is 154 Å². The van der Waals surface area contributed by atoms with Crippen LogP contribution in [-0.4, -0.2) is 40.6 Å². The number of benzene rings is 1. The van der Waals surface area contributed by atoms with Crippen molar-refractivity contribution in [1.82, 2.24) is 9.78 Å². The number of carbonyl (C=O) groups is 1. The molecule has 0 aliphatic carbocycles. The van der Waals surface area contributed by atoms with Gasteiger partial charge in [0.1, 0.15) is 5.82 Å². The van der Waals surface area contributed by atoms with Gasteiger partial charge in [0, 0.05) is 16.5 Å². The lowest BCUT2D eigenvalue weighted by Crippen LogP contribution is -2.44. The number of rotatable bonds is 4. The quantitative estimate of drug-likeness (QED) is 0.642. The van der Waals surface area contributed by atoms with Crippen molar-refractivity contribution in [2.45, 2.75) is 31.8 Å². The van der Waals surface area contributed by atoms with E-state index < -0.39 is 22.8 Å². The van der Waals surface area contributed by atoms with Gasteiger partial charge in [-0.3, -0.25) is 14.9 Å². The zero-order valence-corrected chi connectivity index (χ0v) is 15.0. The maximum Gasteiger partial charge on any atom is 0.301 e. The molecule has 4 rings (SSSR count). The summed E-state index contributed by atoms with van der Waals surface area (Å²) in [6.07, 6.45) is 1.56. The molecule has 2 aliphatic rings. The highest BCUT2D eigenvalue weighted by Crippen LogP contribution is 2.47. The summed E-state index contributed by atoms with van der Waals surface area (Å²) in [5.74, 6) is 0.212. The minimum Gasteiger partial charge on any atom is -0.493 e. The van der Waals surface area contributed by atoms with E-state index in [4.69, 9.17) is 14.2 Å². The van der Waals surface area contributed by atoms with Crippen LogP contribution in [0, 0.1) is 10.1 Å². The molecule has 0 unspecified atom stereocenters. The summed E-state index contributed by atoms with van der Waals surface area (Å²) < 4.78 is 17.8. The van der Waals surface area contributed by atoms with Crippen molar-refractivity contribution in [3.05, 3.63) is 39.6 Å². The number of carbonyl (C=O) groups excluding carboxylic acids is 1. The van der Waals surface area contributed by atoms with Gasteiger partial charge in [0.15, 0.2) is 11.5 Å². The van der Waals surface area contributed by atoms with E-state index in [2.05, 4.69) is 10.4 Å². The Morgan fingerprint density at radius 1 is 1.41 bits per heavy atom. The molecule has 2 aliphatic heterocycles. The summed E-state index contributed by atoms with van der Waals surface area (Å²) in [5.41, 5.74) is 1.10. The first kappa shape index (κ1) is 17.1. The molecule has 27 heavy (non-hydrogen) atoms. The standard InChI is InChI=1S/C17H18N4O6/c1-8(2)20-16-10(6-18-20)13(14(21(23)24)17(22)19-16)9-4-11(25-3)15-12(5-9)26-7-27-15/h4-6,8,13-14H,7H2,1-3H3,(H,19,22)/t13-,14+/m1/s1. The highest BCUT2D eigenvalue weighted by atomic mass is 16.7. The first-order valence-electron chi connectivity index (χ1n) is 8.41. The molecular weight excluding hydrogens is 356 g/mol. The first-order chi connectivity index (χ1) is 12.9. The number of aromatic nitrogens is 2. The number of nitrogens with one attached hydrogen (secondary N) is 1. The minimum absolute atomic E-state index is 0.0202. The van der Waals surface area contributed by atoms with Crippen LogP contribution < -0.4 is 19.5 Å². The van der Waals surface area contributed by atoms with Crippen LogP contribution in [0.15, 0.2) is 18.3 Å². The second kappa shape index (κ2) is 6.15. The Bertz CT molecular complexity index is 938. The van der Waals surface area contributed by atoms with Crippen LogP contribution in [0.3, 0.4) is 0 Å². The Hall–Kier alpha value is -3.30. The molecule has 3 heterocycles. The molecule has 10 nitrogen and oxygen atoms in total. The topological polar surface area (TPSA) is 118 Å². The van der Waals surface area contributed by atoms with Gasteiger partial charge in [-0.1, -0.05) is 0 Å². The van der Waals surface area contributed by atoms with E-state index in [1.54, 1.807) is 23.0 Å². The molecule has 0 spiro atoms. The molecular formula is C17H18N4O6. The van der Waals surface area contributed by atoms with Crippen molar-refractivity contribution in [3.63, 3.8) is 0 Å². The zero-order valence-electron chi connectivity index (χ0n) is 15.0. The van der Waals surface area contributed by atoms with Crippen molar-refractivity contribution in [2.75, 3.05) is 19.2 Å². The van der Waals surface area contributed by atoms with Gasteiger partial charge in [-0.2, -0.15) is 5.10 Å². The normalized spacial score (nSPS) is 20.4. The minimum atomic E-state index is -1.49. The van der Waals surface area contributed by atoms with Crippen molar-refractivity contribution in [1.29, 1.82) is 0 Å². The van der Waals surface area contributed by atoms with Gasteiger partial charge in [0.2, 0.25) is 12.5 Å². The summed E-state index contributed by atoms with van der Waals surface area (Å²) in [6.45, 7) is 3.87. The number of methoxy groups -OCH3 is 1. The lowest BCUT2D eigenvalue weighted by molar-refractivity contribution is -0.509.